The van der Waals surface area contributed by atoms with Gasteiger partial charge in [0.2, 0.25) is 5.91 Å². The summed E-state index contributed by atoms with van der Waals surface area (Å²) < 4.78 is 5.37. The molecule has 7 nitrogen and oxygen atoms in total. The third-order valence-corrected chi connectivity index (χ3v) is 2.62. The van der Waals surface area contributed by atoms with E-state index in [0.717, 1.165) is 6.54 Å². The van der Waals surface area contributed by atoms with Gasteiger partial charge in [-0.1, -0.05) is 0 Å². The zero-order valence-corrected chi connectivity index (χ0v) is 10.4. The second-order valence-electron chi connectivity index (χ2n) is 4.75. The molecule has 0 bridgehead atoms. The third-order valence-electron chi connectivity index (χ3n) is 2.62. The highest BCUT2D eigenvalue weighted by atomic mass is 16.5. The zero-order valence-electron chi connectivity index (χ0n) is 10.4. The molecular weight excluding hydrogens is 240 g/mol. The lowest BCUT2D eigenvalue weighted by Gasteiger charge is -2.25. The summed E-state index contributed by atoms with van der Waals surface area (Å²) in [5, 5.41) is 23.9. The molecule has 1 amide bonds. The van der Waals surface area contributed by atoms with Crippen LogP contribution in [0, 0.1) is 0 Å². The predicted octanol–water partition coefficient (Wildman–Crippen LogP) is -1.29. The van der Waals surface area contributed by atoms with Crippen LogP contribution >= 0.6 is 0 Å². The summed E-state index contributed by atoms with van der Waals surface area (Å²) in [6.07, 6.45) is -0.367. The van der Waals surface area contributed by atoms with Crippen LogP contribution in [-0.4, -0.2) is 60.0 Å². The molecule has 1 fully saturated rings. The maximum absolute atomic E-state index is 11.6. The molecule has 0 aromatic heterocycles. The van der Waals surface area contributed by atoms with Crippen LogP contribution in [0.4, 0.5) is 0 Å². The molecule has 1 saturated heterocycles. The van der Waals surface area contributed by atoms with Gasteiger partial charge in [-0.2, -0.15) is 0 Å². The van der Waals surface area contributed by atoms with Crippen molar-refractivity contribution in [3.05, 3.63) is 0 Å². The van der Waals surface area contributed by atoms with Crippen LogP contribution in [0.2, 0.25) is 0 Å². The number of aliphatic hydroxyl groups is 1. The number of carbonyl (C=O) groups is 2. The summed E-state index contributed by atoms with van der Waals surface area (Å²) in [5.41, 5.74) is -1.44. The molecule has 0 saturated carbocycles. The summed E-state index contributed by atoms with van der Waals surface area (Å²) in [5.74, 6) is -1.36. The summed E-state index contributed by atoms with van der Waals surface area (Å²) in [4.78, 5) is 22.0. The van der Waals surface area contributed by atoms with Gasteiger partial charge in [-0.05, 0) is 6.92 Å². The quantitative estimate of drug-likeness (QED) is 0.473. The van der Waals surface area contributed by atoms with Gasteiger partial charge >= 0.3 is 5.97 Å². The van der Waals surface area contributed by atoms with Crippen molar-refractivity contribution in [3.8, 4) is 0 Å². The van der Waals surface area contributed by atoms with E-state index in [-0.39, 0.29) is 25.0 Å². The fraction of sp³-hybridized carbons (Fsp3) is 0.818. The maximum Gasteiger partial charge on any atom is 0.306 e. The molecule has 1 rings (SSSR count). The molecule has 104 valence electrons. The van der Waals surface area contributed by atoms with Crippen molar-refractivity contribution in [2.75, 3.05) is 26.2 Å². The average Bonchev–Trinajstić information content (AvgIpc) is 2.26. The van der Waals surface area contributed by atoms with Gasteiger partial charge in [-0.3, -0.25) is 9.59 Å². The fourth-order valence-electron chi connectivity index (χ4n) is 1.71. The first-order chi connectivity index (χ1) is 8.39. The molecule has 4 N–H and O–H groups in total. The molecule has 18 heavy (non-hydrogen) atoms. The maximum atomic E-state index is 11.6. The lowest BCUT2D eigenvalue weighted by atomic mass is 10.0. The Morgan fingerprint density at radius 2 is 2.28 bits per heavy atom. The first kappa shape index (κ1) is 14.9. The Balaban J connectivity index is 2.25. The number of carboxylic acid groups (broad SMARTS) is 1. The molecule has 1 aliphatic heterocycles. The molecule has 0 aliphatic carbocycles. The van der Waals surface area contributed by atoms with Gasteiger partial charge in [-0.25, -0.2) is 0 Å². The minimum atomic E-state index is -1.44. The molecule has 7 heteroatoms. The number of carbonyl (C=O) groups excluding carboxylic acids is 1. The third kappa shape index (κ3) is 5.95. The number of rotatable bonds is 6. The van der Waals surface area contributed by atoms with Crippen LogP contribution in [0.15, 0.2) is 0 Å². The van der Waals surface area contributed by atoms with E-state index in [1.807, 2.05) is 0 Å². The number of morpholine rings is 1. The van der Waals surface area contributed by atoms with Gasteiger partial charge in [-0.15, -0.1) is 0 Å². The Hall–Kier alpha value is -1.18. The minimum absolute atomic E-state index is 0.0850. The number of ether oxygens (including phenoxy) is 1. The average molecular weight is 260 g/mol. The second-order valence-corrected chi connectivity index (χ2v) is 4.75. The van der Waals surface area contributed by atoms with Crippen molar-refractivity contribution < 1.29 is 24.5 Å². The summed E-state index contributed by atoms with van der Waals surface area (Å²) in [6.45, 7) is 3.28. The highest BCUT2D eigenvalue weighted by Crippen LogP contribution is 2.08. The number of hydrogen-bond acceptors (Lipinski definition) is 5. The highest BCUT2D eigenvalue weighted by molar-refractivity contribution is 5.76. The standard InChI is InChI=1S/C11H20N2O5/c1-11(17,5-10(15)16)7-13-9(14)4-8-6-12-2-3-18-8/h8,12,17H,2-7H2,1H3,(H,13,14)(H,15,16). The predicted molar refractivity (Wildman–Crippen MR) is 63.1 cm³/mol. The van der Waals surface area contributed by atoms with E-state index in [0.29, 0.717) is 13.2 Å². The van der Waals surface area contributed by atoms with Gasteiger partial charge in [0.25, 0.3) is 0 Å². The Bertz CT molecular complexity index is 300. The molecule has 0 spiro atoms. The highest BCUT2D eigenvalue weighted by Gasteiger charge is 2.25. The van der Waals surface area contributed by atoms with Crippen molar-refractivity contribution in [1.29, 1.82) is 0 Å². The molecule has 1 heterocycles. The van der Waals surface area contributed by atoms with Gasteiger partial charge in [0, 0.05) is 19.6 Å². The van der Waals surface area contributed by atoms with Crippen molar-refractivity contribution in [2.45, 2.75) is 31.5 Å². The largest absolute Gasteiger partial charge is 0.481 e. The van der Waals surface area contributed by atoms with Crippen molar-refractivity contribution >= 4 is 11.9 Å². The van der Waals surface area contributed by atoms with E-state index in [9.17, 15) is 14.7 Å². The molecule has 0 aromatic carbocycles. The Morgan fingerprint density at radius 3 is 2.83 bits per heavy atom. The van der Waals surface area contributed by atoms with Gasteiger partial charge in [0.05, 0.1) is 31.2 Å². The second kappa shape index (κ2) is 6.67. The molecule has 0 radical (unpaired) electrons. The lowest BCUT2D eigenvalue weighted by molar-refractivity contribution is -0.142. The van der Waals surface area contributed by atoms with E-state index >= 15 is 0 Å². The van der Waals surface area contributed by atoms with Crippen molar-refractivity contribution in [3.63, 3.8) is 0 Å². The number of nitrogens with one attached hydrogen (secondary N) is 2. The molecule has 2 atom stereocenters. The number of carboxylic acids is 1. The first-order valence-electron chi connectivity index (χ1n) is 5.92. The number of hydrogen-bond donors (Lipinski definition) is 4. The van der Waals surface area contributed by atoms with Crippen LogP contribution in [0.25, 0.3) is 0 Å². The molecule has 0 aromatic rings. The van der Waals surface area contributed by atoms with Crippen LogP contribution < -0.4 is 10.6 Å². The topological polar surface area (TPSA) is 108 Å². The summed E-state index contributed by atoms with van der Waals surface area (Å²) >= 11 is 0. The Kier molecular flexibility index (Phi) is 5.52. The van der Waals surface area contributed by atoms with Gasteiger partial charge in [0.15, 0.2) is 0 Å². The monoisotopic (exact) mass is 260 g/mol. The fourth-order valence-corrected chi connectivity index (χ4v) is 1.71. The summed E-state index contributed by atoms with van der Waals surface area (Å²) in [6, 6.07) is 0. The molecular formula is C11H20N2O5. The van der Waals surface area contributed by atoms with E-state index in [4.69, 9.17) is 9.84 Å². The van der Waals surface area contributed by atoms with Crippen molar-refractivity contribution in [2.24, 2.45) is 0 Å². The van der Waals surface area contributed by atoms with Crippen LogP contribution in [-0.2, 0) is 14.3 Å². The van der Waals surface area contributed by atoms with Crippen LogP contribution in [0.3, 0.4) is 0 Å². The molecule has 1 aliphatic rings. The summed E-state index contributed by atoms with van der Waals surface area (Å²) in [7, 11) is 0. The first-order valence-corrected chi connectivity index (χ1v) is 5.92. The number of amides is 1. The van der Waals surface area contributed by atoms with Gasteiger partial charge in [0.1, 0.15) is 0 Å². The van der Waals surface area contributed by atoms with E-state index in [1.54, 1.807) is 0 Å². The van der Waals surface area contributed by atoms with Crippen molar-refractivity contribution in [1.82, 2.24) is 10.6 Å². The lowest BCUT2D eigenvalue weighted by Crippen LogP contribution is -2.45. The zero-order chi connectivity index (χ0) is 13.6. The number of aliphatic carboxylic acids is 1. The Morgan fingerprint density at radius 1 is 1.56 bits per heavy atom. The van der Waals surface area contributed by atoms with Crippen LogP contribution in [0.5, 0.6) is 0 Å². The minimum Gasteiger partial charge on any atom is -0.481 e. The van der Waals surface area contributed by atoms with E-state index in [2.05, 4.69) is 10.6 Å². The van der Waals surface area contributed by atoms with Gasteiger partial charge < -0.3 is 25.6 Å². The molecule has 2 unspecified atom stereocenters. The van der Waals surface area contributed by atoms with E-state index < -0.39 is 18.0 Å². The van der Waals surface area contributed by atoms with E-state index in [1.165, 1.54) is 6.92 Å². The SMILES string of the molecule is CC(O)(CNC(=O)CC1CNCCO1)CC(=O)O. The normalized spacial score (nSPS) is 23.1. The smallest absolute Gasteiger partial charge is 0.306 e. The van der Waals surface area contributed by atoms with Crippen LogP contribution in [0.1, 0.15) is 19.8 Å². The Labute approximate surface area is 106 Å².